The number of nitrogens with one attached hydrogen (secondary N) is 2. The van der Waals surface area contributed by atoms with Gasteiger partial charge in [0.2, 0.25) is 0 Å². The van der Waals surface area contributed by atoms with Crippen LogP contribution in [0.5, 0.6) is 0 Å². The van der Waals surface area contributed by atoms with Crippen LogP contribution >= 0.6 is 0 Å². The first kappa shape index (κ1) is 19.2. The number of hydrogen-bond donors (Lipinski definition) is 6. The molecule has 0 spiro atoms. The number of rotatable bonds is 7. The standard InChI is InChI=1S/C16H19N7O6/c24-3-9-11(25)12(26)15(29-9)23-6-21-10-13(19-5-20-14(10)23)22-8(16(27)28)1-7-2-17-4-18-7/h2,4-6,8-9,11-12,15,24-26H,1,3H2,(H,17,18)(H,27,28)(H,19,20,22)/t8-,9-,11+,12?,15-/m1/s1. The van der Waals surface area contributed by atoms with Gasteiger partial charge in [-0.25, -0.2) is 24.7 Å². The second kappa shape index (κ2) is 7.71. The summed E-state index contributed by atoms with van der Waals surface area (Å²) in [6.07, 6.45) is 1.15. The number of aromatic nitrogens is 6. The number of nitrogens with zero attached hydrogens (tertiary/aromatic N) is 5. The lowest BCUT2D eigenvalue weighted by Crippen LogP contribution is -2.33. The van der Waals surface area contributed by atoms with Crippen LogP contribution in [0.3, 0.4) is 0 Å². The fourth-order valence-electron chi connectivity index (χ4n) is 3.23. The van der Waals surface area contributed by atoms with Crippen molar-refractivity contribution in [2.45, 2.75) is 37.0 Å². The minimum Gasteiger partial charge on any atom is -0.480 e. The Bertz CT molecular complexity index is 993. The molecule has 1 unspecified atom stereocenters. The number of aliphatic hydroxyl groups excluding tert-OH is 3. The third-order valence-electron chi connectivity index (χ3n) is 4.74. The first-order chi connectivity index (χ1) is 14.0. The molecule has 6 N–H and O–H groups in total. The molecule has 0 aliphatic carbocycles. The van der Waals surface area contributed by atoms with Crippen LogP contribution in [0, 0.1) is 0 Å². The molecular weight excluding hydrogens is 386 g/mol. The molecule has 29 heavy (non-hydrogen) atoms. The van der Waals surface area contributed by atoms with Gasteiger partial charge in [-0.05, 0) is 0 Å². The van der Waals surface area contributed by atoms with E-state index in [-0.39, 0.29) is 23.4 Å². The normalized spacial score (nSPS) is 25.3. The van der Waals surface area contributed by atoms with Crippen LogP contribution in [0.4, 0.5) is 5.82 Å². The van der Waals surface area contributed by atoms with Gasteiger partial charge in [0, 0.05) is 18.3 Å². The number of anilines is 1. The van der Waals surface area contributed by atoms with Crippen molar-refractivity contribution < 1.29 is 30.0 Å². The van der Waals surface area contributed by atoms with Gasteiger partial charge in [-0.3, -0.25) is 4.57 Å². The van der Waals surface area contributed by atoms with Gasteiger partial charge in [-0.2, -0.15) is 0 Å². The van der Waals surface area contributed by atoms with E-state index in [1.54, 1.807) is 0 Å². The van der Waals surface area contributed by atoms with Crippen LogP contribution in [-0.2, 0) is 16.0 Å². The van der Waals surface area contributed by atoms with E-state index < -0.39 is 43.2 Å². The average Bonchev–Trinajstić information content (AvgIpc) is 3.42. The summed E-state index contributed by atoms with van der Waals surface area (Å²) in [5.74, 6) is -0.901. The monoisotopic (exact) mass is 405 g/mol. The molecule has 3 aromatic rings. The minimum absolute atomic E-state index is 0.135. The molecule has 0 saturated carbocycles. The van der Waals surface area contributed by atoms with Gasteiger partial charge >= 0.3 is 5.97 Å². The largest absolute Gasteiger partial charge is 0.480 e. The topological polar surface area (TPSA) is 192 Å². The van der Waals surface area contributed by atoms with Crippen LogP contribution in [0.25, 0.3) is 11.2 Å². The maximum absolute atomic E-state index is 11.7. The minimum atomic E-state index is -1.30. The maximum Gasteiger partial charge on any atom is 0.326 e. The van der Waals surface area contributed by atoms with Gasteiger partial charge in [-0.1, -0.05) is 0 Å². The summed E-state index contributed by atoms with van der Waals surface area (Å²) in [7, 11) is 0. The average molecular weight is 405 g/mol. The molecule has 13 heteroatoms. The fourth-order valence-corrected chi connectivity index (χ4v) is 3.23. The number of aliphatic carboxylic acids is 1. The number of imidazole rings is 2. The molecule has 5 atom stereocenters. The molecular formula is C16H19N7O6. The summed E-state index contributed by atoms with van der Waals surface area (Å²) in [5.41, 5.74) is 1.16. The van der Waals surface area contributed by atoms with Crippen molar-refractivity contribution >= 4 is 23.0 Å². The molecule has 3 aromatic heterocycles. The van der Waals surface area contributed by atoms with Crippen molar-refractivity contribution in [3.05, 3.63) is 30.9 Å². The summed E-state index contributed by atoms with van der Waals surface area (Å²) in [6, 6.07) is -1.01. The van der Waals surface area contributed by atoms with Crippen molar-refractivity contribution in [1.82, 2.24) is 29.5 Å². The smallest absolute Gasteiger partial charge is 0.326 e. The first-order valence-corrected chi connectivity index (χ1v) is 8.76. The summed E-state index contributed by atoms with van der Waals surface area (Å²) >= 11 is 0. The van der Waals surface area contributed by atoms with Gasteiger partial charge in [-0.15, -0.1) is 0 Å². The number of carboxylic acid groups (broad SMARTS) is 1. The number of carboxylic acids is 1. The Morgan fingerprint density at radius 2 is 2.14 bits per heavy atom. The number of H-pyrrole nitrogens is 1. The fraction of sp³-hybridized carbons (Fsp3) is 0.438. The predicted molar refractivity (Wildman–Crippen MR) is 95.7 cm³/mol. The Balaban J connectivity index is 1.63. The van der Waals surface area contributed by atoms with E-state index in [4.69, 9.17) is 4.74 Å². The zero-order valence-corrected chi connectivity index (χ0v) is 15.0. The molecule has 0 amide bonds. The second-order valence-electron chi connectivity index (χ2n) is 6.59. The van der Waals surface area contributed by atoms with E-state index in [9.17, 15) is 25.2 Å². The van der Waals surface area contributed by atoms with E-state index in [0.717, 1.165) is 0 Å². The van der Waals surface area contributed by atoms with Crippen LogP contribution < -0.4 is 5.32 Å². The maximum atomic E-state index is 11.7. The summed E-state index contributed by atoms with van der Waals surface area (Å²) < 4.78 is 6.90. The van der Waals surface area contributed by atoms with Gasteiger partial charge < -0.3 is 35.5 Å². The Morgan fingerprint density at radius 1 is 1.31 bits per heavy atom. The molecule has 1 aliphatic rings. The van der Waals surface area contributed by atoms with Crippen molar-refractivity contribution in [3.63, 3.8) is 0 Å². The highest BCUT2D eigenvalue weighted by Gasteiger charge is 2.44. The van der Waals surface area contributed by atoms with Gasteiger partial charge in [0.25, 0.3) is 0 Å². The number of hydrogen-bond acceptors (Lipinski definition) is 10. The molecule has 154 valence electrons. The number of ether oxygens (including phenoxy) is 1. The Kier molecular flexibility index (Phi) is 5.10. The molecule has 1 fully saturated rings. The SMILES string of the molecule is O=C(O)[C@@H](Cc1cnc[nH]1)Nc1ncnc2c1ncn2[C@@H]1O[C@H](CO)[C@H](O)C1O. The number of fused-ring (bicyclic) bond motifs is 1. The van der Waals surface area contributed by atoms with E-state index in [0.29, 0.717) is 5.69 Å². The summed E-state index contributed by atoms with van der Waals surface area (Å²) in [4.78, 5) is 30.8. The number of aliphatic hydroxyl groups is 3. The lowest BCUT2D eigenvalue weighted by Gasteiger charge is -2.17. The van der Waals surface area contributed by atoms with Crippen LogP contribution in [0.2, 0.25) is 0 Å². The van der Waals surface area contributed by atoms with E-state index in [1.165, 1.54) is 29.7 Å². The highest BCUT2D eigenvalue weighted by atomic mass is 16.6. The lowest BCUT2D eigenvalue weighted by molar-refractivity contribution is -0.137. The van der Waals surface area contributed by atoms with E-state index in [2.05, 4.69) is 30.2 Å². The quantitative estimate of drug-likeness (QED) is 0.262. The molecule has 0 bridgehead atoms. The molecule has 1 saturated heterocycles. The van der Waals surface area contributed by atoms with Crippen LogP contribution in [0.1, 0.15) is 11.9 Å². The Hall–Kier alpha value is -3.13. The molecule has 1 aliphatic heterocycles. The molecule has 13 nitrogen and oxygen atoms in total. The van der Waals surface area contributed by atoms with Gasteiger partial charge in [0.1, 0.15) is 30.7 Å². The van der Waals surface area contributed by atoms with E-state index in [1.807, 2.05) is 0 Å². The predicted octanol–water partition coefficient (Wildman–Crippen LogP) is -1.73. The van der Waals surface area contributed by atoms with Crippen molar-refractivity contribution in [2.24, 2.45) is 0 Å². The Labute approximate surface area is 163 Å². The number of aromatic amines is 1. The van der Waals surface area contributed by atoms with Crippen molar-refractivity contribution in [3.8, 4) is 0 Å². The van der Waals surface area contributed by atoms with Crippen LogP contribution in [0.15, 0.2) is 25.2 Å². The molecule has 4 rings (SSSR count). The molecule has 4 heterocycles. The number of carbonyl (C=O) groups is 1. The van der Waals surface area contributed by atoms with E-state index >= 15 is 0 Å². The Morgan fingerprint density at radius 3 is 2.79 bits per heavy atom. The zero-order valence-electron chi connectivity index (χ0n) is 15.0. The molecule has 0 radical (unpaired) electrons. The first-order valence-electron chi connectivity index (χ1n) is 8.76. The van der Waals surface area contributed by atoms with Crippen molar-refractivity contribution in [2.75, 3.05) is 11.9 Å². The van der Waals surface area contributed by atoms with Crippen LogP contribution in [-0.4, -0.2) is 86.8 Å². The third kappa shape index (κ3) is 3.51. The molecule has 0 aromatic carbocycles. The zero-order chi connectivity index (χ0) is 20.5. The summed E-state index contributed by atoms with van der Waals surface area (Å²) in [5, 5.41) is 41.8. The highest BCUT2D eigenvalue weighted by Crippen LogP contribution is 2.32. The van der Waals surface area contributed by atoms with Gasteiger partial charge in [0.05, 0.1) is 19.3 Å². The third-order valence-corrected chi connectivity index (χ3v) is 4.74. The highest BCUT2D eigenvalue weighted by molar-refractivity contribution is 5.86. The summed E-state index contributed by atoms with van der Waals surface area (Å²) in [6.45, 7) is -0.461. The van der Waals surface area contributed by atoms with Gasteiger partial charge in [0.15, 0.2) is 23.2 Å². The second-order valence-corrected chi connectivity index (χ2v) is 6.59. The lowest BCUT2D eigenvalue weighted by atomic mass is 10.1. The van der Waals surface area contributed by atoms with Crippen molar-refractivity contribution in [1.29, 1.82) is 0 Å².